The molecule has 0 bridgehead atoms. The van der Waals surface area contributed by atoms with Crippen molar-refractivity contribution in [1.82, 2.24) is 9.38 Å². The number of carbonyl (C=O) groups is 1. The number of nitrogens with one attached hydrogen (secondary N) is 1. The molecule has 1 atom stereocenters. The molecule has 1 aromatic carbocycles. The van der Waals surface area contributed by atoms with Gasteiger partial charge in [-0.05, 0) is 69.0 Å². The van der Waals surface area contributed by atoms with Crippen molar-refractivity contribution in [3.8, 4) is 0 Å². The van der Waals surface area contributed by atoms with Crippen molar-refractivity contribution >= 4 is 23.1 Å². The molecular weight excluding hydrogens is 380 g/mol. The van der Waals surface area contributed by atoms with Crippen molar-refractivity contribution in [1.29, 1.82) is 0 Å². The molecule has 2 aromatic heterocycles. The summed E-state index contributed by atoms with van der Waals surface area (Å²) >= 11 is 0. The Morgan fingerprint density at radius 1 is 1.13 bits per heavy atom. The van der Waals surface area contributed by atoms with E-state index in [1.165, 1.54) is 6.42 Å². The molecule has 3 heterocycles. The summed E-state index contributed by atoms with van der Waals surface area (Å²) in [5.74, 6) is -0.212. The van der Waals surface area contributed by atoms with E-state index in [2.05, 4.69) is 10.2 Å². The van der Waals surface area contributed by atoms with E-state index in [0.717, 1.165) is 48.6 Å². The fourth-order valence-corrected chi connectivity index (χ4v) is 4.00. The number of anilines is 2. The summed E-state index contributed by atoms with van der Waals surface area (Å²) in [6.07, 6.45) is 5.27. The number of carboxylic acids is 1. The Balaban J connectivity index is 1.71. The van der Waals surface area contributed by atoms with Crippen LogP contribution in [0.5, 0.6) is 0 Å². The number of aromatic nitrogens is 2. The Labute approximate surface area is 175 Å². The van der Waals surface area contributed by atoms with Crippen LogP contribution in [0.1, 0.15) is 53.7 Å². The maximum Gasteiger partial charge on any atom is 0.335 e. The molecule has 0 amide bonds. The topological polar surface area (TPSA) is 86.9 Å². The van der Waals surface area contributed by atoms with Crippen LogP contribution in [0.15, 0.2) is 47.4 Å². The molecule has 4 rings (SSSR count). The van der Waals surface area contributed by atoms with E-state index in [1.807, 2.05) is 26.1 Å². The molecule has 1 saturated heterocycles. The molecule has 3 aromatic rings. The van der Waals surface area contributed by atoms with Crippen molar-refractivity contribution in [2.75, 3.05) is 23.3 Å². The molecular formula is C23H26N4O3. The van der Waals surface area contributed by atoms with Gasteiger partial charge in [0.15, 0.2) is 0 Å². The van der Waals surface area contributed by atoms with Crippen LogP contribution in [0.3, 0.4) is 0 Å². The second-order valence-electron chi connectivity index (χ2n) is 7.92. The van der Waals surface area contributed by atoms with E-state index < -0.39 is 5.97 Å². The molecule has 0 spiro atoms. The first-order valence-corrected chi connectivity index (χ1v) is 10.3. The lowest BCUT2D eigenvalue weighted by Gasteiger charge is -2.28. The fourth-order valence-electron chi connectivity index (χ4n) is 4.00. The number of piperidine rings is 1. The summed E-state index contributed by atoms with van der Waals surface area (Å²) in [4.78, 5) is 31.0. The third-order valence-corrected chi connectivity index (χ3v) is 5.57. The highest BCUT2D eigenvalue weighted by Gasteiger charge is 2.18. The first-order valence-electron chi connectivity index (χ1n) is 10.3. The minimum atomic E-state index is -0.951. The van der Waals surface area contributed by atoms with Crippen molar-refractivity contribution in [3.05, 3.63) is 69.6 Å². The van der Waals surface area contributed by atoms with Crippen LogP contribution in [0.4, 0.5) is 11.5 Å². The second kappa shape index (κ2) is 8.18. The number of nitrogens with zero attached hydrogens (tertiary/aromatic N) is 3. The number of benzene rings is 1. The summed E-state index contributed by atoms with van der Waals surface area (Å²) in [6.45, 7) is 5.82. The van der Waals surface area contributed by atoms with E-state index in [1.54, 1.807) is 34.7 Å². The molecule has 0 aliphatic carbocycles. The molecule has 7 nitrogen and oxygen atoms in total. The third kappa shape index (κ3) is 4.01. The summed E-state index contributed by atoms with van der Waals surface area (Å²) in [7, 11) is 0. The zero-order chi connectivity index (χ0) is 21.3. The van der Waals surface area contributed by atoms with Gasteiger partial charge < -0.3 is 15.3 Å². The first-order chi connectivity index (χ1) is 14.4. The summed E-state index contributed by atoms with van der Waals surface area (Å²) in [5.41, 5.74) is 3.52. The number of carboxylic acid groups (broad SMARTS) is 1. The molecule has 0 radical (unpaired) electrons. The molecule has 1 aliphatic rings. The number of fused-ring (bicyclic) bond motifs is 1. The van der Waals surface area contributed by atoms with Gasteiger partial charge in [0.25, 0.3) is 5.56 Å². The zero-order valence-electron chi connectivity index (χ0n) is 17.3. The molecule has 30 heavy (non-hydrogen) atoms. The number of hydrogen-bond acceptors (Lipinski definition) is 5. The summed E-state index contributed by atoms with van der Waals surface area (Å²) in [6, 6.07) is 10.2. The largest absolute Gasteiger partial charge is 0.478 e. The predicted molar refractivity (Wildman–Crippen MR) is 118 cm³/mol. The summed E-state index contributed by atoms with van der Waals surface area (Å²) < 4.78 is 1.61. The molecule has 0 saturated carbocycles. The van der Waals surface area contributed by atoms with Crippen LogP contribution in [0.2, 0.25) is 0 Å². The molecule has 156 valence electrons. The van der Waals surface area contributed by atoms with Gasteiger partial charge >= 0.3 is 5.97 Å². The van der Waals surface area contributed by atoms with E-state index in [4.69, 9.17) is 10.1 Å². The molecule has 1 aliphatic heterocycles. The molecule has 1 fully saturated rings. The van der Waals surface area contributed by atoms with E-state index in [-0.39, 0.29) is 17.2 Å². The van der Waals surface area contributed by atoms with Gasteiger partial charge in [0.1, 0.15) is 11.5 Å². The van der Waals surface area contributed by atoms with Gasteiger partial charge in [0, 0.05) is 36.6 Å². The van der Waals surface area contributed by atoms with E-state index in [9.17, 15) is 9.59 Å². The standard InChI is InChI=1S/C23H26N4O3/c1-15-12-19(16(2)24-18-8-6-17(7-9-18)23(29)30)22-25-20(13-21(28)27(22)14-15)26-10-4-3-5-11-26/h6-9,12-14,16,24H,3-5,10-11H2,1-2H3,(H,29,30). The Kier molecular flexibility index (Phi) is 5.44. The molecule has 7 heteroatoms. The van der Waals surface area contributed by atoms with E-state index in [0.29, 0.717) is 5.65 Å². The number of hydrogen-bond donors (Lipinski definition) is 2. The average molecular weight is 406 g/mol. The zero-order valence-corrected chi connectivity index (χ0v) is 17.3. The number of rotatable bonds is 5. The van der Waals surface area contributed by atoms with Gasteiger partial charge in [0.05, 0.1) is 11.6 Å². The minimum absolute atomic E-state index is 0.0801. The maximum atomic E-state index is 12.8. The van der Waals surface area contributed by atoms with E-state index >= 15 is 0 Å². The summed E-state index contributed by atoms with van der Waals surface area (Å²) in [5, 5.41) is 12.5. The molecule has 1 unspecified atom stereocenters. The van der Waals surface area contributed by atoms with Crippen molar-refractivity contribution in [3.63, 3.8) is 0 Å². The van der Waals surface area contributed by atoms with Gasteiger partial charge in [-0.15, -0.1) is 0 Å². The molecule has 2 N–H and O–H groups in total. The normalized spacial score (nSPS) is 15.2. The lowest BCUT2D eigenvalue weighted by atomic mass is 10.1. The van der Waals surface area contributed by atoms with Crippen LogP contribution in [-0.2, 0) is 0 Å². The Morgan fingerprint density at radius 3 is 2.50 bits per heavy atom. The third-order valence-electron chi connectivity index (χ3n) is 5.57. The van der Waals surface area contributed by atoms with Gasteiger partial charge in [-0.3, -0.25) is 9.20 Å². The van der Waals surface area contributed by atoms with Crippen LogP contribution < -0.4 is 15.8 Å². The van der Waals surface area contributed by atoms with Gasteiger partial charge in [0.2, 0.25) is 0 Å². The highest BCUT2D eigenvalue weighted by Crippen LogP contribution is 2.25. The number of aryl methyl sites for hydroxylation is 1. The highest BCUT2D eigenvalue weighted by atomic mass is 16.4. The number of aromatic carboxylic acids is 1. The van der Waals surface area contributed by atoms with Gasteiger partial charge in [-0.25, -0.2) is 9.78 Å². The van der Waals surface area contributed by atoms with Gasteiger partial charge in [-0.1, -0.05) is 0 Å². The number of pyridine rings is 1. The Bertz CT molecular complexity index is 1130. The second-order valence-corrected chi connectivity index (χ2v) is 7.92. The average Bonchev–Trinajstić information content (AvgIpc) is 2.74. The van der Waals surface area contributed by atoms with Crippen LogP contribution in [0, 0.1) is 6.92 Å². The Hall–Kier alpha value is -3.35. The Morgan fingerprint density at radius 2 is 1.83 bits per heavy atom. The predicted octanol–water partition coefficient (Wildman–Crippen LogP) is 3.86. The van der Waals surface area contributed by atoms with Crippen molar-refractivity contribution in [2.24, 2.45) is 0 Å². The fraction of sp³-hybridized carbons (Fsp3) is 0.348. The highest BCUT2D eigenvalue weighted by molar-refractivity contribution is 5.88. The monoisotopic (exact) mass is 406 g/mol. The van der Waals surface area contributed by atoms with Gasteiger partial charge in [-0.2, -0.15) is 0 Å². The maximum absolute atomic E-state index is 12.8. The minimum Gasteiger partial charge on any atom is -0.478 e. The lowest BCUT2D eigenvalue weighted by molar-refractivity contribution is 0.0697. The van der Waals surface area contributed by atoms with Crippen LogP contribution in [-0.4, -0.2) is 33.6 Å². The van der Waals surface area contributed by atoms with Crippen LogP contribution in [0.25, 0.3) is 5.65 Å². The van der Waals surface area contributed by atoms with Crippen molar-refractivity contribution < 1.29 is 9.90 Å². The smallest absolute Gasteiger partial charge is 0.335 e. The first kappa shape index (κ1) is 19.9. The van der Waals surface area contributed by atoms with Crippen molar-refractivity contribution in [2.45, 2.75) is 39.2 Å². The SMILES string of the molecule is Cc1cc(C(C)Nc2ccc(C(=O)O)cc2)c2nc(N3CCCCC3)cc(=O)n2c1. The van der Waals surface area contributed by atoms with Crippen LogP contribution >= 0.6 is 0 Å². The lowest BCUT2D eigenvalue weighted by Crippen LogP contribution is -2.32. The quantitative estimate of drug-likeness (QED) is 0.669.